The minimum atomic E-state index is -4.69. The Hall–Kier alpha value is -4.04. The van der Waals surface area contributed by atoms with E-state index in [4.69, 9.17) is 21.1 Å². The van der Waals surface area contributed by atoms with E-state index in [0.29, 0.717) is 31.4 Å². The van der Waals surface area contributed by atoms with Crippen molar-refractivity contribution in [1.82, 2.24) is 9.46 Å². The minimum Gasteiger partial charge on any atom is -0.330 e. The number of alkyl halides is 6. The summed E-state index contributed by atoms with van der Waals surface area (Å²) in [5.74, 6) is -3.26. The van der Waals surface area contributed by atoms with Crippen molar-refractivity contribution in [2.45, 2.75) is 25.2 Å². The van der Waals surface area contributed by atoms with Crippen LogP contribution in [0.3, 0.4) is 0 Å². The topological polar surface area (TPSA) is 114 Å². The summed E-state index contributed by atoms with van der Waals surface area (Å²) in [6, 6.07) is 5.57. The maximum atomic E-state index is 13.2. The Morgan fingerprint density at radius 2 is 1.05 bits per heavy atom. The van der Waals surface area contributed by atoms with Gasteiger partial charge in [0.2, 0.25) is 0 Å². The standard InChI is InChI=1S/C24H20F6N4O4/c25-23(26,27)15-1-3-17-13(5-7-31)11-33(19(17)9-15)37-21(35)22(36)38-34-12-14(6-8-32)18-4-2-16(10-20(18)34)24(28,29)30/h1-4,9-12H,5-8,31-32H2. The maximum absolute atomic E-state index is 13.2. The summed E-state index contributed by atoms with van der Waals surface area (Å²) >= 11 is 0. The second kappa shape index (κ2) is 10.0. The molecule has 0 amide bonds. The van der Waals surface area contributed by atoms with Gasteiger partial charge < -0.3 is 21.1 Å². The van der Waals surface area contributed by atoms with Crippen LogP contribution in [-0.2, 0) is 34.8 Å². The molecule has 0 fully saturated rings. The van der Waals surface area contributed by atoms with Crippen LogP contribution in [0.4, 0.5) is 26.3 Å². The van der Waals surface area contributed by atoms with Crippen LogP contribution in [0.5, 0.6) is 0 Å². The first-order valence-corrected chi connectivity index (χ1v) is 11.1. The number of nitrogens with zero attached hydrogens (tertiary/aromatic N) is 2. The van der Waals surface area contributed by atoms with Crippen LogP contribution >= 0.6 is 0 Å². The molecule has 8 nitrogen and oxygen atoms in total. The molecule has 4 rings (SSSR count). The van der Waals surface area contributed by atoms with E-state index >= 15 is 0 Å². The van der Waals surface area contributed by atoms with E-state index in [1.54, 1.807) is 0 Å². The van der Waals surface area contributed by atoms with Crippen molar-refractivity contribution >= 4 is 33.7 Å². The van der Waals surface area contributed by atoms with E-state index in [0.717, 1.165) is 24.3 Å². The van der Waals surface area contributed by atoms with Gasteiger partial charge in [0.15, 0.2) is 0 Å². The Morgan fingerprint density at radius 3 is 1.37 bits per heavy atom. The van der Waals surface area contributed by atoms with Crippen LogP contribution in [-0.4, -0.2) is 34.5 Å². The Morgan fingerprint density at radius 1 is 0.684 bits per heavy atom. The zero-order chi connectivity index (χ0) is 27.8. The van der Waals surface area contributed by atoms with Gasteiger partial charge in [-0.05, 0) is 61.3 Å². The molecule has 0 spiro atoms. The van der Waals surface area contributed by atoms with Gasteiger partial charge in [-0.25, -0.2) is 9.59 Å². The highest BCUT2D eigenvalue weighted by Crippen LogP contribution is 2.34. The summed E-state index contributed by atoms with van der Waals surface area (Å²) in [7, 11) is 0. The number of carbonyl (C=O) groups excluding carboxylic acids is 2. The van der Waals surface area contributed by atoms with Gasteiger partial charge in [-0.2, -0.15) is 35.8 Å². The summed E-state index contributed by atoms with van der Waals surface area (Å²) in [5, 5.41) is 0.624. The van der Waals surface area contributed by atoms with Crippen molar-refractivity contribution in [3.63, 3.8) is 0 Å². The zero-order valence-electron chi connectivity index (χ0n) is 19.4. The van der Waals surface area contributed by atoms with E-state index in [2.05, 4.69) is 0 Å². The average molecular weight is 542 g/mol. The average Bonchev–Trinajstić information content (AvgIpc) is 3.35. The SMILES string of the molecule is NCCc1cn(OC(=O)C(=O)On2cc(CCN)c3ccc(C(F)(F)F)cc32)c2cc(C(F)(F)F)ccc12. The number of aromatic nitrogens is 2. The molecule has 0 unspecified atom stereocenters. The van der Waals surface area contributed by atoms with Gasteiger partial charge in [-0.3, -0.25) is 0 Å². The van der Waals surface area contributed by atoms with Crippen LogP contribution in [0, 0.1) is 0 Å². The predicted octanol–water partition coefficient (Wildman–Crippen LogP) is 3.25. The van der Waals surface area contributed by atoms with Crippen LogP contribution < -0.4 is 21.1 Å². The molecule has 0 saturated heterocycles. The largest absolute Gasteiger partial charge is 0.444 e. The summed E-state index contributed by atoms with van der Waals surface area (Å²) in [6.45, 7) is 0.281. The Bertz CT molecular complexity index is 1410. The Kier molecular flexibility index (Phi) is 7.12. The molecule has 2 aromatic carbocycles. The first-order valence-electron chi connectivity index (χ1n) is 11.1. The van der Waals surface area contributed by atoms with E-state index < -0.39 is 35.4 Å². The van der Waals surface area contributed by atoms with Gasteiger partial charge in [0.05, 0.1) is 22.2 Å². The highest BCUT2D eigenvalue weighted by atomic mass is 19.4. The fraction of sp³-hybridized carbons (Fsp3) is 0.250. The third kappa shape index (κ3) is 5.31. The highest BCUT2D eigenvalue weighted by Gasteiger charge is 2.33. The molecule has 202 valence electrons. The van der Waals surface area contributed by atoms with Crippen LogP contribution in [0.1, 0.15) is 22.3 Å². The first kappa shape index (κ1) is 27.0. The van der Waals surface area contributed by atoms with Gasteiger partial charge in [-0.15, -0.1) is 0 Å². The number of benzene rings is 2. The minimum absolute atomic E-state index is 0.141. The Labute approximate surface area is 210 Å². The fourth-order valence-corrected chi connectivity index (χ4v) is 4.00. The quantitative estimate of drug-likeness (QED) is 0.286. The van der Waals surface area contributed by atoms with Crippen molar-refractivity contribution in [3.8, 4) is 0 Å². The van der Waals surface area contributed by atoms with Crippen LogP contribution in [0.15, 0.2) is 48.8 Å². The van der Waals surface area contributed by atoms with Gasteiger partial charge in [0.1, 0.15) is 0 Å². The van der Waals surface area contributed by atoms with E-state index in [9.17, 15) is 35.9 Å². The number of nitrogens with two attached hydrogens (primary N) is 2. The van der Waals surface area contributed by atoms with Gasteiger partial charge in [-0.1, -0.05) is 12.1 Å². The van der Waals surface area contributed by atoms with E-state index in [-0.39, 0.29) is 37.0 Å². The predicted molar refractivity (Wildman–Crippen MR) is 123 cm³/mol. The lowest BCUT2D eigenvalue weighted by atomic mass is 10.1. The molecular formula is C24H20F6N4O4. The summed E-state index contributed by atoms with van der Waals surface area (Å²) in [6.07, 6.45) is -6.49. The van der Waals surface area contributed by atoms with Gasteiger partial charge in [0.25, 0.3) is 0 Å². The second-order valence-electron chi connectivity index (χ2n) is 8.25. The monoisotopic (exact) mass is 542 g/mol. The maximum Gasteiger partial charge on any atom is 0.444 e. The summed E-state index contributed by atoms with van der Waals surface area (Å²) < 4.78 is 80.8. The molecule has 0 atom stereocenters. The summed E-state index contributed by atoms with van der Waals surface area (Å²) in [5.41, 5.74) is 9.66. The molecular weight excluding hydrogens is 522 g/mol. The number of rotatable bonds is 6. The summed E-state index contributed by atoms with van der Waals surface area (Å²) in [4.78, 5) is 35.0. The number of carbonyl (C=O) groups is 2. The Balaban J connectivity index is 1.65. The van der Waals surface area contributed by atoms with Crippen molar-refractivity contribution in [2.24, 2.45) is 11.5 Å². The molecule has 38 heavy (non-hydrogen) atoms. The van der Waals surface area contributed by atoms with E-state index in [1.165, 1.54) is 24.5 Å². The van der Waals surface area contributed by atoms with Gasteiger partial charge in [0, 0.05) is 23.2 Å². The van der Waals surface area contributed by atoms with Crippen molar-refractivity contribution in [2.75, 3.05) is 13.1 Å². The van der Waals surface area contributed by atoms with Crippen molar-refractivity contribution in [3.05, 3.63) is 71.0 Å². The third-order valence-electron chi connectivity index (χ3n) is 5.72. The lowest BCUT2D eigenvalue weighted by Crippen LogP contribution is -2.34. The molecule has 0 aliphatic heterocycles. The zero-order valence-corrected chi connectivity index (χ0v) is 19.4. The van der Waals surface area contributed by atoms with Crippen molar-refractivity contribution < 1.29 is 45.6 Å². The second-order valence-corrected chi connectivity index (χ2v) is 8.25. The number of hydrogen-bond acceptors (Lipinski definition) is 6. The molecule has 4 aromatic rings. The molecule has 0 aliphatic rings. The highest BCUT2D eigenvalue weighted by molar-refractivity contribution is 6.30. The first-order chi connectivity index (χ1) is 17.8. The third-order valence-corrected chi connectivity index (χ3v) is 5.72. The van der Waals surface area contributed by atoms with Crippen LogP contribution in [0.25, 0.3) is 21.8 Å². The molecule has 2 heterocycles. The molecule has 14 heteroatoms. The molecule has 0 radical (unpaired) electrons. The lowest BCUT2D eigenvalue weighted by Gasteiger charge is -2.10. The molecule has 2 aromatic heterocycles. The molecule has 0 aliphatic carbocycles. The smallest absolute Gasteiger partial charge is 0.330 e. The molecule has 0 saturated carbocycles. The number of halogens is 6. The molecule has 4 N–H and O–H groups in total. The lowest BCUT2D eigenvalue weighted by molar-refractivity contribution is -0.167. The number of fused-ring (bicyclic) bond motifs is 2. The number of hydrogen-bond donors (Lipinski definition) is 2. The fourth-order valence-electron chi connectivity index (χ4n) is 4.00. The van der Waals surface area contributed by atoms with Crippen molar-refractivity contribution in [1.29, 1.82) is 0 Å². The van der Waals surface area contributed by atoms with Gasteiger partial charge >= 0.3 is 24.3 Å². The van der Waals surface area contributed by atoms with Crippen LogP contribution in [0.2, 0.25) is 0 Å². The molecule has 0 bridgehead atoms. The van der Waals surface area contributed by atoms with E-state index in [1.807, 2.05) is 0 Å². The normalized spacial score (nSPS) is 12.3.